The standard InChI is InChI=1S/C7H6BrN3O4/c1-4(8)2-10-3-5(11(14)15)6(12)9-7(10)13/h3H,1-2H2,(H,9,12,13). The summed E-state index contributed by atoms with van der Waals surface area (Å²) in [5.74, 6) is 0. The highest BCUT2D eigenvalue weighted by Crippen LogP contribution is 2.05. The lowest BCUT2D eigenvalue weighted by atomic mass is 10.5. The Morgan fingerprint density at radius 3 is 2.73 bits per heavy atom. The Morgan fingerprint density at radius 1 is 1.67 bits per heavy atom. The van der Waals surface area contributed by atoms with Crippen LogP contribution in [0.15, 0.2) is 26.8 Å². The fourth-order valence-electron chi connectivity index (χ4n) is 0.930. The minimum atomic E-state index is -1.01. The second-order valence-electron chi connectivity index (χ2n) is 2.68. The SMILES string of the molecule is C=C(Br)Cn1cc([N+](=O)[O-])c(=O)[nH]c1=O. The zero-order chi connectivity index (χ0) is 11.6. The second kappa shape index (κ2) is 4.22. The van der Waals surface area contributed by atoms with Crippen molar-refractivity contribution in [3.63, 3.8) is 0 Å². The zero-order valence-electron chi connectivity index (χ0n) is 7.40. The van der Waals surface area contributed by atoms with E-state index in [1.807, 2.05) is 4.98 Å². The van der Waals surface area contributed by atoms with Crippen LogP contribution >= 0.6 is 15.9 Å². The van der Waals surface area contributed by atoms with Gasteiger partial charge in [-0.1, -0.05) is 22.5 Å². The van der Waals surface area contributed by atoms with E-state index < -0.39 is 21.9 Å². The number of aromatic nitrogens is 2. The molecule has 1 rings (SSSR count). The molecular formula is C7H6BrN3O4. The minimum Gasteiger partial charge on any atom is -0.289 e. The quantitative estimate of drug-likeness (QED) is 0.636. The molecule has 1 aromatic heterocycles. The molecule has 1 aromatic rings. The first kappa shape index (κ1) is 11.4. The number of hydrogen-bond acceptors (Lipinski definition) is 4. The summed E-state index contributed by atoms with van der Waals surface area (Å²) < 4.78 is 1.45. The molecule has 0 aromatic carbocycles. The largest absolute Gasteiger partial charge is 0.350 e. The smallest absolute Gasteiger partial charge is 0.289 e. The van der Waals surface area contributed by atoms with Gasteiger partial charge in [0.25, 0.3) is 0 Å². The number of H-pyrrole nitrogens is 1. The summed E-state index contributed by atoms with van der Waals surface area (Å²) in [4.78, 5) is 33.5. The highest BCUT2D eigenvalue weighted by atomic mass is 79.9. The predicted molar refractivity (Wildman–Crippen MR) is 56.0 cm³/mol. The van der Waals surface area contributed by atoms with Crippen LogP contribution < -0.4 is 11.2 Å². The summed E-state index contributed by atoms with van der Waals surface area (Å²) in [5, 5.41) is 10.4. The van der Waals surface area contributed by atoms with Crippen molar-refractivity contribution in [2.24, 2.45) is 0 Å². The number of nitrogens with zero attached hydrogens (tertiary/aromatic N) is 2. The Bertz CT molecular complexity index is 530. The third-order valence-electron chi connectivity index (χ3n) is 1.53. The first-order chi connectivity index (χ1) is 6.91. The van der Waals surface area contributed by atoms with Crippen LogP contribution in [0.25, 0.3) is 0 Å². The van der Waals surface area contributed by atoms with Gasteiger partial charge in [-0.05, 0) is 0 Å². The third-order valence-corrected chi connectivity index (χ3v) is 1.78. The number of nitrogens with one attached hydrogen (secondary N) is 1. The molecule has 1 N–H and O–H groups in total. The number of allylic oxidation sites excluding steroid dienone is 1. The van der Waals surface area contributed by atoms with E-state index in [1.165, 1.54) is 0 Å². The monoisotopic (exact) mass is 275 g/mol. The summed E-state index contributed by atoms with van der Waals surface area (Å²) in [6, 6.07) is 0. The Morgan fingerprint density at radius 2 is 2.27 bits per heavy atom. The predicted octanol–water partition coefficient (Wildman–Crippen LogP) is 0.353. The molecule has 0 saturated carbocycles. The van der Waals surface area contributed by atoms with Gasteiger partial charge in [-0.3, -0.25) is 24.5 Å². The van der Waals surface area contributed by atoms with E-state index in [0.29, 0.717) is 4.48 Å². The van der Waals surface area contributed by atoms with Gasteiger partial charge in [-0.25, -0.2) is 4.79 Å². The van der Waals surface area contributed by atoms with Crippen molar-refractivity contribution in [2.75, 3.05) is 0 Å². The number of aromatic amines is 1. The molecule has 80 valence electrons. The minimum absolute atomic E-state index is 0.0520. The highest BCUT2D eigenvalue weighted by molar-refractivity contribution is 9.11. The molecule has 0 aliphatic heterocycles. The van der Waals surface area contributed by atoms with E-state index in [0.717, 1.165) is 10.8 Å². The van der Waals surface area contributed by atoms with E-state index in [2.05, 4.69) is 22.5 Å². The van der Waals surface area contributed by atoms with Crippen molar-refractivity contribution in [3.05, 3.63) is 48.2 Å². The topological polar surface area (TPSA) is 98.0 Å². The molecule has 1 heterocycles. The molecule has 0 amide bonds. The van der Waals surface area contributed by atoms with Crippen LogP contribution in [0.1, 0.15) is 0 Å². The second-order valence-corrected chi connectivity index (χ2v) is 3.80. The van der Waals surface area contributed by atoms with Crippen LogP contribution in [0, 0.1) is 10.1 Å². The van der Waals surface area contributed by atoms with Crippen LogP contribution in [0.2, 0.25) is 0 Å². The zero-order valence-corrected chi connectivity index (χ0v) is 8.98. The van der Waals surface area contributed by atoms with Crippen LogP contribution in [0.4, 0.5) is 5.69 Å². The van der Waals surface area contributed by atoms with Crippen LogP contribution in [0.5, 0.6) is 0 Å². The van der Waals surface area contributed by atoms with Crippen LogP contribution in [-0.2, 0) is 6.54 Å². The number of halogens is 1. The Hall–Kier alpha value is -1.70. The van der Waals surface area contributed by atoms with E-state index >= 15 is 0 Å². The van der Waals surface area contributed by atoms with Crippen molar-refractivity contribution in [3.8, 4) is 0 Å². The summed E-state index contributed by atoms with van der Waals surface area (Å²) >= 11 is 3.01. The number of rotatable bonds is 3. The molecule has 0 saturated heterocycles. The van der Waals surface area contributed by atoms with E-state index in [-0.39, 0.29) is 6.54 Å². The normalized spacial score (nSPS) is 9.93. The van der Waals surface area contributed by atoms with Gasteiger partial charge in [0.1, 0.15) is 0 Å². The van der Waals surface area contributed by atoms with Gasteiger partial charge in [-0.2, -0.15) is 0 Å². The van der Waals surface area contributed by atoms with Crippen LogP contribution in [0.3, 0.4) is 0 Å². The molecule has 0 aliphatic rings. The Balaban J connectivity index is 3.36. The maximum absolute atomic E-state index is 11.2. The summed E-state index contributed by atoms with van der Waals surface area (Å²) in [5.41, 5.74) is -2.41. The van der Waals surface area contributed by atoms with E-state index in [9.17, 15) is 19.7 Å². The molecule has 0 fully saturated rings. The molecule has 0 atom stereocenters. The molecule has 0 spiro atoms. The maximum atomic E-state index is 11.2. The van der Waals surface area contributed by atoms with Gasteiger partial charge >= 0.3 is 16.9 Å². The van der Waals surface area contributed by atoms with Crippen molar-refractivity contribution in [2.45, 2.75) is 6.54 Å². The molecule has 0 radical (unpaired) electrons. The lowest BCUT2D eigenvalue weighted by molar-refractivity contribution is -0.386. The van der Waals surface area contributed by atoms with Gasteiger partial charge in [0.15, 0.2) is 0 Å². The molecule has 15 heavy (non-hydrogen) atoms. The molecule has 8 heteroatoms. The Labute approximate surface area is 91.3 Å². The van der Waals surface area contributed by atoms with Crippen molar-refractivity contribution >= 4 is 21.6 Å². The van der Waals surface area contributed by atoms with Gasteiger partial charge in [0.2, 0.25) is 0 Å². The lowest BCUT2D eigenvalue weighted by Crippen LogP contribution is -2.30. The van der Waals surface area contributed by atoms with Gasteiger partial charge in [0.05, 0.1) is 17.7 Å². The maximum Gasteiger partial charge on any atom is 0.350 e. The summed E-state index contributed by atoms with van der Waals surface area (Å²) in [6.45, 7) is 3.54. The number of hydrogen-bond donors (Lipinski definition) is 1. The summed E-state index contributed by atoms with van der Waals surface area (Å²) in [7, 11) is 0. The van der Waals surface area contributed by atoms with Crippen molar-refractivity contribution in [1.29, 1.82) is 0 Å². The van der Waals surface area contributed by atoms with Crippen LogP contribution in [-0.4, -0.2) is 14.5 Å². The van der Waals surface area contributed by atoms with Gasteiger partial charge in [0, 0.05) is 4.48 Å². The van der Waals surface area contributed by atoms with Crippen molar-refractivity contribution < 1.29 is 4.92 Å². The van der Waals surface area contributed by atoms with E-state index in [4.69, 9.17) is 0 Å². The van der Waals surface area contributed by atoms with Crippen molar-refractivity contribution in [1.82, 2.24) is 9.55 Å². The summed E-state index contributed by atoms with van der Waals surface area (Å²) in [6.07, 6.45) is 0.883. The molecule has 7 nitrogen and oxygen atoms in total. The number of nitro groups is 1. The van der Waals surface area contributed by atoms with Gasteiger partial charge < -0.3 is 0 Å². The average molecular weight is 276 g/mol. The average Bonchev–Trinajstić information content (AvgIpc) is 2.08. The fourth-order valence-corrected chi connectivity index (χ4v) is 1.20. The molecule has 0 unspecified atom stereocenters. The fraction of sp³-hybridized carbons (Fsp3) is 0.143. The lowest BCUT2D eigenvalue weighted by Gasteiger charge is -2.01. The van der Waals surface area contributed by atoms with Gasteiger partial charge in [-0.15, -0.1) is 0 Å². The molecule has 0 bridgehead atoms. The van der Waals surface area contributed by atoms with E-state index in [1.54, 1.807) is 0 Å². The third kappa shape index (κ3) is 2.62. The molecular weight excluding hydrogens is 270 g/mol. The first-order valence-corrected chi connectivity index (χ1v) is 4.52. The molecule has 0 aliphatic carbocycles. The highest BCUT2D eigenvalue weighted by Gasteiger charge is 2.14. The Kier molecular flexibility index (Phi) is 3.20. The first-order valence-electron chi connectivity index (χ1n) is 3.73.